The second-order valence-corrected chi connectivity index (χ2v) is 6.75. The number of hydrogen-bond acceptors (Lipinski definition) is 3. The molecule has 0 aromatic heterocycles. The molecule has 0 N–H and O–H groups in total. The van der Waals surface area contributed by atoms with E-state index in [1.807, 2.05) is 0 Å². The quantitative estimate of drug-likeness (QED) is 0.379. The van der Waals surface area contributed by atoms with Crippen LogP contribution < -0.4 is 9.47 Å². The third kappa shape index (κ3) is 4.19. The van der Waals surface area contributed by atoms with E-state index >= 15 is 0 Å². The van der Waals surface area contributed by atoms with Crippen molar-refractivity contribution in [2.24, 2.45) is 5.92 Å². The summed E-state index contributed by atoms with van der Waals surface area (Å²) in [7, 11) is 3.40. The van der Waals surface area contributed by atoms with Gasteiger partial charge in [0.05, 0.1) is 14.2 Å². The molecule has 0 fully saturated rings. The van der Waals surface area contributed by atoms with Crippen LogP contribution in [0.15, 0.2) is 23.8 Å². The zero-order valence-electron chi connectivity index (χ0n) is 15.4. The van der Waals surface area contributed by atoms with E-state index in [1.54, 1.807) is 14.2 Å². The van der Waals surface area contributed by atoms with Crippen LogP contribution in [0.4, 0.5) is 0 Å². The molecular formula is C21H30O3. The van der Waals surface area contributed by atoms with Gasteiger partial charge in [0.1, 0.15) is 17.8 Å². The molecule has 1 aromatic rings. The molecule has 0 spiro atoms. The number of unbranched alkanes of at least 4 members (excludes halogenated alkanes) is 2. The molecule has 0 radical (unpaired) electrons. The van der Waals surface area contributed by atoms with Crippen molar-refractivity contribution in [3.8, 4) is 11.5 Å². The number of aldehydes is 1. The molecule has 0 saturated heterocycles. The lowest BCUT2D eigenvalue weighted by Crippen LogP contribution is -2.18. The van der Waals surface area contributed by atoms with E-state index in [-0.39, 0.29) is 11.8 Å². The minimum Gasteiger partial charge on any atom is -0.496 e. The van der Waals surface area contributed by atoms with E-state index in [4.69, 9.17) is 9.47 Å². The first-order valence-electron chi connectivity index (χ1n) is 9.01. The average Bonchev–Trinajstić information content (AvgIpc) is 2.61. The summed E-state index contributed by atoms with van der Waals surface area (Å²) >= 11 is 0. The lowest BCUT2D eigenvalue weighted by Gasteiger charge is -2.29. The summed E-state index contributed by atoms with van der Waals surface area (Å²) in [6, 6.07) is 4.24. The van der Waals surface area contributed by atoms with Gasteiger partial charge < -0.3 is 14.3 Å². The number of benzene rings is 1. The predicted octanol–water partition coefficient (Wildman–Crippen LogP) is 5.08. The zero-order valence-corrected chi connectivity index (χ0v) is 15.4. The molecule has 3 nitrogen and oxygen atoms in total. The summed E-state index contributed by atoms with van der Waals surface area (Å²) in [5.41, 5.74) is 3.57. The van der Waals surface area contributed by atoms with Gasteiger partial charge in [-0.2, -0.15) is 0 Å². The standard InChI is InChI=1S/C21H30O3/c1-5-6-7-8-16-12-19(23-3)21(20(13-16)24-4)18-11-15(2)9-10-17(18)14-22/h11-14,17-18H,5-10H2,1-4H3/t17-,18+/m1/s1. The van der Waals surface area contributed by atoms with Crippen LogP contribution in [-0.2, 0) is 11.2 Å². The van der Waals surface area contributed by atoms with Crippen LogP contribution in [0.3, 0.4) is 0 Å². The monoisotopic (exact) mass is 330 g/mol. The number of hydrogen-bond donors (Lipinski definition) is 0. The van der Waals surface area contributed by atoms with Crippen LogP contribution in [-0.4, -0.2) is 20.5 Å². The van der Waals surface area contributed by atoms with Crippen molar-refractivity contribution < 1.29 is 14.3 Å². The average molecular weight is 330 g/mol. The summed E-state index contributed by atoms with van der Waals surface area (Å²) in [6.07, 6.45) is 9.80. The second-order valence-electron chi connectivity index (χ2n) is 6.75. The Kier molecular flexibility index (Phi) is 6.89. The fourth-order valence-electron chi connectivity index (χ4n) is 3.58. The molecule has 1 aliphatic rings. The minimum absolute atomic E-state index is 0.0116. The highest BCUT2D eigenvalue weighted by Gasteiger charge is 2.30. The minimum atomic E-state index is -0.0116. The van der Waals surface area contributed by atoms with Crippen LogP contribution in [0.2, 0.25) is 0 Å². The van der Waals surface area contributed by atoms with Gasteiger partial charge in [0.25, 0.3) is 0 Å². The summed E-state index contributed by atoms with van der Waals surface area (Å²) in [5, 5.41) is 0. The van der Waals surface area contributed by atoms with Gasteiger partial charge in [-0.25, -0.2) is 0 Å². The fourth-order valence-corrected chi connectivity index (χ4v) is 3.58. The van der Waals surface area contributed by atoms with Gasteiger partial charge in [0.2, 0.25) is 0 Å². The van der Waals surface area contributed by atoms with Crippen LogP contribution in [0.1, 0.15) is 63.0 Å². The Bertz CT molecular complexity index is 564. The van der Waals surface area contributed by atoms with Gasteiger partial charge in [-0.15, -0.1) is 0 Å². The maximum atomic E-state index is 11.6. The van der Waals surface area contributed by atoms with Crippen molar-refractivity contribution in [1.29, 1.82) is 0 Å². The van der Waals surface area contributed by atoms with Crippen molar-refractivity contribution in [1.82, 2.24) is 0 Å². The van der Waals surface area contributed by atoms with E-state index in [1.165, 1.54) is 30.4 Å². The topological polar surface area (TPSA) is 35.5 Å². The van der Waals surface area contributed by atoms with Gasteiger partial charge in [-0.1, -0.05) is 31.4 Å². The van der Waals surface area contributed by atoms with Crippen molar-refractivity contribution in [3.63, 3.8) is 0 Å². The number of aryl methyl sites for hydroxylation is 1. The molecule has 2 atom stereocenters. The molecule has 0 heterocycles. The molecule has 3 heteroatoms. The Balaban J connectivity index is 2.43. The SMILES string of the molecule is CCCCCc1cc(OC)c([C@H]2C=C(C)CC[C@@H]2C=O)c(OC)c1. The smallest absolute Gasteiger partial charge is 0.126 e. The molecule has 0 bridgehead atoms. The van der Waals surface area contributed by atoms with Gasteiger partial charge in [0.15, 0.2) is 0 Å². The molecule has 24 heavy (non-hydrogen) atoms. The zero-order chi connectivity index (χ0) is 17.5. The van der Waals surface area contributed by atoms with E-state index in [0.29, 0.717) is 0 Å². The van der Waals surface area contributed by atoms with Crippen LogP contribution in [0.5, 0.6) is 11.5 Å². The van der Waals surface area contributed by atoms with E-state index in [9.17, 15) is 4.79 Å². The van der Waals surface area contributed by atoms with Crippen molar-refractivity contribution in [2.45, 2.75) is 58.3 Å². The number of rotatable bonds is 8. The Morgan fingerprint density at radius 2 is 1.83 bits per heavy atom. The van der Waals surface area contributed by atoms with Gasteiger partial charge >= 0.3 is 0 Å². The normalized spacial score (nSPS) is 20.4. The Labute approximate surface area is 146 Å². The molecule has 0 aliphatic heterocycles. The van der Waals surface area contributed by atoms with Crippen LogP contribution >= 0.6 is 0 Å². The van der Waals surface area contributed by atoms with E-state index < -0.39 is 0 Å². The predicted molar refractivity (Wildman–Crippen MR) is 98.1 cm³/mol. The molecule has 0 saturated carbocycles. The molecule has 0 unspecified atom stereocenters. The lowest BCUT2D eigenvalue weighted by atomic mass is 9.77. The number of carbonyl (C=O) groups is 1. The first-order valence-corrected chi connectivity index (χ1v) is 9.01. The first-order chi connectivity index (χ1) is 11.6. The maximum absolute atomic E-state index is 11.6. The maximum Gasteiger partial charge on any atom is 0.126 e. The number of carbonyl (C=O) groups excluding carboxylic acids is 1. The van der Waals surface area contributed by atoms with Crippen LogP contribution in [0.25, 0.3) is 0 Å². The molecule has 1 aromatic carbocycles. The number of allylic oxidation sites excluding steroid dienone is 2. The highest BCUT2D eigenvalue weighted by atomic mass is 16.5. The van der Waals surface area contributed by atoms with E-state index in [2.05, 4.69) is 32.1 Å². The van der Waals surface area contributed by atoms with Crippen LogP contribution in [0, 0.1) is 5.92 Å². The van der Waals surface area contributed by atoms with Gasteiger partial charge in [-0.05, 0) is 50.3 Å². The second kappa shape index (κ2) is 8.91. The summed E-state index contributed by atoms with van der Waals surface area (Å²) < 4.78 is 11.4. The Morgan fingerprint density at radius 1 is 1.17 bits per heavy atom. The lowest BCUT2D eigenvalue weighted by molar-refractivity contribution is -0.111. The fraction of sp³-hybridized carbons (Fsp3) is 0.571. The van der Waals surface area contributed by atoms with Gasteiger partial charge in [-0.3, -0.25) is 0 Å². The van der Waals surface area contributed by atoms with Crippen molar-refractivity contribution in [3.05, 3.63) is 34.9 Å². The summed E-state index contributed by atoms with van der Waals surface area (Å²) in [6.45, 7) is 4.34. The van der Waals surface area contributed by atoms with Crippen molar-refractivity contribution in [2.75, 3.05) is 14.2 Å². The molecule has 132 valence electrons. The Hall–Kier alpha value is -1.77. The largest absolute Gasteiger partial charge is 0.496 e. The third-order valence-electron chi connectivity index (χ3n) is 4.98. The molecule has 2 rings (SSSR count). The van der Waals surface area contributed by atoms with Gasteiger partial charge in [0, 0.05) is 17.4 Å². The summed E-state index contributed by atoms with van der Waals surface area (Å²) in [4.78, 5) is 11.6. The number of methoxy groups -OCH3 is 2. The number of ether oxygens (including phenoxy) is 2. The molecular weight excluding hydrogens is 300 g/mol. The molecule has 0 amide bonds. The van der Waals surface area contributed by atoms with E-state index in [0.717, 1.165) is 42.6 Å². The third-order valence-corrected chi connectivity index (χ3v) is 4.98. The summed E-state index contributed by atoms with van der Waals surface area (Å²) in [5.74, 6) is 1.69. The van der Waals surface area contributed by atoms with Crippen molar-refractivity contribution >= 4 is 6.29 Å². The highest BCUT2D eigenvalue weighted by Crippen LogP contribution is 2.44. The first kappa shape index (κ1) is 18.6. The molecule has 1 aliphatic carbocycles. The Morgan fingerprint density at radius 3 is 2.38 bits per heavy atom. The highest BCUT2D eigenvalue weighted by molar-refractivity contribution is 5.62.